The standard InChI is InChI=1S/C14H27NO3/c1-5-7-8-11(6-2)13(18)15-14(3,4)10-9-12(16)17/h11H,5-10H2,1-4H3,(H,15,18)(H,16,17). The van der Waals surface area contributed by atoms with Crippen molar-refractivity contribution in [2.45, 2.75) is 71.8 Å². The number of amides is 1. The minimum absolute atomic E-state index is 0.0500. The average Bonchev–Trinajstić information content (AvgIpc) is 2.27. The first-order chi connectivity index (χ1) is 8.32. The molecule has 106 valence electrons. The third-order valence-electron chi connectivity index (χ3n) is 3.20. The Morgan fingerprint density at radius 2 is 1.89 bits per heavy atom. The van der Waals surface area contributed by atoms with E-state index in [4.69, 9.17) is 5.11 Å². The van der Waals surface area contributed by atoms with E-state index in [2.05, 4.69) is 12.2 Å². The lowest BCUT2D eigenvalue weighted by Gasteiger charge is -2.28. The molecule has 0 fully saturated rings. The van der Waals surface area contributed by atoms with Crippen molar-refractivity contribution >= 4 is 11.9 Å². The number of carboxylic acid groups (broad SMARTS) is 1. The van der Waals surface area contributed by atoms with E-state index < -0.39 is 11.5 Å². The summed E-state index contributed by atoms with van der Waals surface area (Å²) >= 11 is 0. The van der Waals surface area contributed by atoms with Gasteiger partial charge in [-0.05, 0) is 33.1 Å². The van der Waals surface area contributed by atoms with E-state index in [1.54, 1.807) is 0 Å². The van der Waals surface area contributed by atoms with Crippen molar-refractivity contribution in [3.63, 3.8) is 0 Å². The summed E-state index contributed by atoms with van der Waals surface area (Å²) in [6.07, 6.45) is 4.43. The topological polar surface area (TPSA) is 66.4 Å². The average molecular weight is 257 g/mol. The fraction of sp³-hybridized carbons (Fsp3) is 0.857. The maximum Gasteiger partial charge on any atom is 0.303 e. The maximum atomic E-state index is 12.1. The summed E-state index contributed by atoms with van der Waals surface area (Å²) in [5.74, 6) is -0.717. The molecular formula is C14H27NO3. The number of hydrogen-bond acceptors (Lipinski definition) is 2. The van der Waals surface area contributed by atoms with Crippen molar-refractivity contribution in [2.24, 2.45) is 5.92 Å². The lowest BCUT2D eigenvalue weighted by atomic mass is 9.94. The van der Waals surface area contributed by atoms with Crippen LogP contribution in [0.3, 0.4) is 0 Å². The third-order valence-corrected chi connectivity index (χ3v) is 3.20. The predicted octanol–water partition coefficient (Wildman–Crippen LogP) is 2.96. The van der Waals surface area contributed by atoms with Gasteiger partial charge in [0.1, 0.15) is 0 Å². The highest BCUT2D eigenvalue weighted by molar-refractivity contribution is 5.79. The van der Waals surface area contributed by atoms with E-state index in [-0.39, 0.29) is 18.2 Å². The largest absolute Gasteiger partial charge is 0.481 e. The molecule has 1 amide bonds. The van der Waals surface area contributed by atoms with Crippen LogP contribution in [0.2, 0.25) is 0 Å². The molecule has 0 aliphatic carbocycles. The summed E-state index contributed by atoms with van der Waals surface area (Å²) in [4.78, 5) is 22.6. The minimum Gasteiger partial charge on any atom is -0.481 e. The zero-order valence-electron chi connectivity index (χ0n) is 12.1. The van der Waals surface area contributed by atoms with Gasteiger partial charge in [0.15, 0.2) is 0 Å². The first kappa shape index (κ1) is 16.9. The van der Waals surface area contributed by atoms with Gasteiger partial charge in [-0.1, -0.05) is 26.7 Å². The van der Waals surface area contributed by atoms with E-state index in [9.17, 15) is 9.59 Å². The minimum atomic E-state index is -0.824. The van der Waals surface area contributed by atoms with Crippen LogP contribution in [-0.2, 0) is 9.59 Å². The number of nitrogens with one attached hydrogen (secondary N) is 1. The fourth-order valence-electron chi connectivity index (χ4n) is 1.89. The molecule has 18 heavy (non-hydrogen) atoms. The molecule has 0 heterocycles. The van der Waals surface area contributed by atoms with Gasteiger partial charge in [0.2, 0.25) is 5.91 Å². The number of aliphatic carboxylic acids is 1. The lowest BCUT2D eigenvalue weighted by molar-refractivity contribution is -0.138. The van der Waals surface area contributed by atoms with Crippen molar-refractivity contribution in [3.8, 4) is 0 Å². The van der Waals surface area contributed by atoms with Crippen LogP contribution in [0, 0.1) is 5.92 Å². The van der Waals surface area contributed by atoms with Crippen LogP contribution in [0.5, 0.6) is 0 Å². The summed E-state index contributed by atoms with van der Waals surface area (Å²) in [5.41, 5.74) is -0.449. The van der Waals surface area contributed by atoms with Gasteiger partial charge in [-0.15, -0.1) is 0 Å². The Morgan fingerprint density at radius 3 is 2.33 bits per heavy atom. The van der Waals surface area contributed by atoms with Crippen LogP contribution in [0.15, 0.2) is 0 Å². The zero-order chi connectivity index (χ0) is 14.2. The second-order valence-electron chi connectivity index (χ2n) is 5.51. The Kier molecular flexibility index (Phi) is 7.64. The van der Waals surface area contributed by atoms with Crippen LogP contribution in [-0.4, -0.2) is 22.5 Å². The van der Waals surface area contributed by atoms with Gasteiger partial charge in [0.25, 0.3) is 0 Å². The van der Waals surface area contributed by atoms with Gasteiger partial charge >= 0.3 is 5.97 Å². The molecule has 0 saturated heterocycles. The van der Waals surface area contributed by atoms with Crippen molar-refractivity contribution in [2.75, 3.05) is 0 Å². The third kappa shape index (κ3) is 7.30. The molecule has 0 bridgehead atoms. The summed E-state index contributed by atoms with van der Waals surface area (Å²) in [5, 5.41) is 11.6. The Labute approximate surface area is 110 Å². The van der Waals surface area contributed by atoms with Gasteiger partial charge in [0.05, 0.1) is 0 Å². The van der Waals surface area contributed by atoms with Crippen molar-refractivity contribution < 1.29 is 14.7 Å². The summed E-state index contributed by atoms with van der Waals surface area (Å²) in [6, 6.07) is 0. The Morgan fingerprint density at radius 1 is 1.28 bits per heavy atom. The van der Waals surface area contributed by atoms with E-state index in [0.29, 0.717) is 6.42 Å². The van der Waals surface area contributed by atoms with Crippen molar-refractivity contribution in [1.82, 2.24) is 5.32 Å². The fourth-order valence-corrected chi connectivity index (χ4v) is 1.89. The van der Waals surface area contributed by atoms with Gasteiger partial charge in [-0.25, -0.2) is 0 Å². The highest BCUT2D eigenvalue weighted by atomic mass is 16.4. The summed E-state index contributed by atoms with van der Waals surface area (Å²) < 4.78 is 0. The maximum absolute atomic E-state index is 12.1. The lowest BCUT2D eigenvalue weighted by Crippen LogP contribution is -2.46. The second kappa shape index (κ2) is 8.11. The summed E-state index contributed by atoms with van der Waals surface area (Å²) in [7, 11) is 0. The molecule has 4 heteroatoms. The highest BCUT2D eigenvalue weighted by Crippen LogP contribution is 2.17. The number of unbranched alkanes of at least 4 members (excludes halogenated alkanes) is 1. The molecule has 0 aliphatic heterocycles. The highest BCUT2D eigenvalue weighted by Gasteiger charge is 2.25. The molecule has 4 nitrogen and oxygen atoms in total. The normalized spacial score (nSPS) is 13.1. The molecule has 0 aromatic carbocycles. The monoisotopic (exact) mass is 257 g/mol. The molecule has 0 aliphatic rings. The SMILES string of the molecule is CCCCC(CC)C(=O)NC(C)(C)CCC(=O)O. The van der Waals surface area contributed by atoms with E-state index >= 15 is 0 Å². The number of rotatable bonds is 9. The van der Waals surface area contributed by atoms with Crippen LogP contribution >= 0.6 is 0 Å². The quantitative estimate of drug-likeness (QED) is 0.667. The van der Waals surface area contributed by atoms with E-state index in [1.807, 2.05) is 20.8 Å². The Bertz CT molecular complexity index is 274. The molecule has 0 saturated carbocycles. The number of carbonyl (C=O) groups excluding carboxylic acids is 1. The zero-order valence-corrected chi connectivity index (χ0v) is 12.1. The van der Waals surface area contributed by atoms with E-state index in [1.165, 1.54) is 0 Å². The van der Waals surface area contributed by atoms with Gasteiger partial charge in [0, 0.05) is 17.9 Å². The van der Waals surface area contributed by atoms with Gasteiger partial charge < -0.3 is 10.4 Å². The number of hydrogen-bond donors (Lipinski definition) is 2. The Hall–Kier alpha value is -1.06. The van der Waals surface area contributed by atoms with Crippen molar-refractivity contribution in [1.29, 1.82) is 0 Å². The molecule has 0 radical (unpaired) electrons. The smallest absolute Gasteiger partial charge is 0.303 e. The molecule has 2 N–H and O–H groups in total. The number of carboxylic acids is 1. The molecule has 0 aromatic heterocycles. The molecule has 0 rings (SSSR count). The van der Waals surface area contributed by atoms with Gasteiger partial charge in [-0.2, -0.15) is 0 Å². The van der Waals surface area contributed by atoms with E-state index in [0.717, 1.165) is 25.7 Å². The Balaban J connectivity index is 4.28. The van der Waals surface area contributed by atoms with Gasteiger partial charge in [-0.3, -0.25) is 9.59 Å². The van der Waals surface area contributed by atoms with Crippen LogP contribution in [0.25, 0.3) is 0 Å². The predicted molar refractivity (Wildman–Crippen MR) is 72.4 cm³/mol. The first-order valence-corrected chi connectivity index (χ1v) is 6.86. The molecule has 1 atom stereocenters. The first-order valence-electron chi connectivity index (χ1n) is 6.86. The summed E-state index contributed by atoms with van der Waals surface area (Å²) in [6.45, 7) is 7.88. The molecule has 0 spiro atoms. The molecule has 1 unspecified atom stereocenters. The van der Waals surface area contributed by atoms with Crippen molar-refractivity contribution in [3.05, 3.63) is 0 Å². The van der Waals surface area contributed by atoms with Crippen LogP contribution in [0.1, 0.15) is 66.2 Å². The van der Waals surface area contributed by atoms with Crippen LogP contribution in [0.4, 0.5) is 0 Å². The molecular weight excluding hydrogens is 230 g/mol. The number of carbonyl (C=O) groups is 2. The second-order valence-corrected chi connectivity index (χ2v) is 5.51. The van der Waals surface area contributed by atoms with Crippen LogP contribution < -0.4 is 5.32 Å². The molecule has 0 aromatic rings.